The van der Waals surface area contributed by atoms with Gasteiger partial charge in [-0.1, -0.05) is 12.8 Å². The summed E-state index contributed by atoms with van der Waals surface area (Å²) < 4.78 is 5.12. The van der Waals surface area contributed by atoms with Crippen molar-refractivity contribution in [3.8, 4) is 0 Å². The van der Waals surface area contributed by atoms with E-state index in [1.54, 1.807) is 0 Å². The summed E-state index contributed by atoms with van der Waals surface area (Å²) in [6.45, 7) is 2.53. The number of rotatable bonds is 3. The van der Waals surface area contributed by atoms with E-state index in [4.69, 9.17) is 9.84 Å². The van der Waals surface area contributed by atoms with Gasteiger partial charge in [-0.3, -0.25) is 4.90 Å². The largest absolute Gasteiger partial charge is 0.447 e. The zero-order chi connectivity index (χ0) is 10.9. The molecule has 1 saturated heterocycles. The van der Waals surface area contributed by atoms with Gasteiger partial charge in [0, 0.05) is 12.6 Å². The summed E-state index contributed by atoms with van der Waals surface area (Å²) in [5.74, 6) is 0. The van der Waals surface area contributed by atoms with Crippen molar-refractivity contribution in [2.45, 2.75) is 50.6 Å². The molecule has 0 aromatic heterocycles. The number of cyclic esters (lactones) is 1. The van der Waals surface area contributed by atoms with Crippen LogP contribution in [0.15, 0.2) is 0 Å². The number of carbonyl (C=O) groups excluding carboxylic acids is 1. The number of aliphatic hydroxyl groups is 1. The number of hydrogen-bond donors (Lipinski definition) is 1. The summed E-state index contributed by atoms with van der Waals surface area (Å²) in [5, 5.41) is 9.05. The summed E-state index contributed by atoms with van der Waals surface area (Å²) in [7, 11) is 0. The molecular formula is C11H19NO3. The number of carbonyl (C=O) groups is 1. The second-order valence-electron chi connectivity index (χ2n) is 4.83. The summed E-state index contributed by atoms with van der Waals surface area (Å²) >= 11 is 0. The van der Waals surface area contributed by atoms with E-state index in [9.17, 15) is 4.79 Å². The van der Waals surface area contributed by atoms with E-state index in [0.29, 0.717) is 19.1 Å². The molecule has 0 radical (unpaired) electrons. The topological polar surface area (TPSA) is 49.8 Å². The van der Waals surface area contributed by atoms with Gasteiger partial charge in [-0.25, -0.2) is 4.79 Å². The number of nitrogens with zero attached hydrogens (tertiary/aromatic N) is 1. The first-order valence-corrected chi connectivity index (χ1v) is 5.74. The molecule has 2 aliphatic rings. The van der Waals surface area contributed by atoms with Crippen molar-refractivity contribution in [2.24, 2.45) is 0 Å². The fourth-order valence-corrected chi connectivity index (χ4v) is 2.76. The predicted molar refractivity (Wildman–Crippen MR) is 55.6 cm³/mol. The van der Waals surface area contributed by atoms with E-state index in [2.05, 4.69) is 0 Å². The number of hydrogen-bond acceptors (Lipinski definition) is 3. The highest BCUT2D eigenvalue weighted by Gasteiger charge is 2.47. The minimum atomic E-state index is -0.291. The van der Waals surface area contributed by atoms with Crippen molar-refractivity contribution in [1.82, 2.24) is 4.90 Å². The molecule has 1 aliphatic carbocycles. The molecular weight excluding hydrogens is 194 g/mol. The first kappa shape index (κ1) is 10.7. The highest BCUT2D eigenvalue weighted by atomic mass is 16.6. The minimum absolute atomic E-state index is 0.107. The Labute approximate surface area is 90.2 Å². The summed E-state index contributed by atoms with van der Waals surface area (Å²) in [5.41, 5.74) is -0.291. The molecule has 86 valence electrons. The third-order valence-corrected chi connectivity index (χ3v) is 3.63. The third kappa shape index (κ3) is 1.83. The van der Waals surface area contributed by atoms with E-state index in [1.165, 1.54) is 12.8 Å². The molecule has 1 saturated carbocycles. The average Bonchev–Trinajstić information content (AvgIpc) is 2.76. The standard InChI is InChI=1S/C11H19NO3/c1-11(6-7-13)8-15-10(14)12(11)9-4-2-3-5-9/h9,13H,2-8H2,1H3. The molecule has 1 aliphatic heterocycles. The molecule has 0 aromatic carbocycles. The molecule has 15 heavy (non-hydrogen) atoms. The Morgan fingerprint density at radius 3 is 2.80 bits per heavy atom. The van der Waals surface area contributed by atoms with Crippen LogP contribution < -0.4 is 0 Å². The predicted octanol–water partition coefficient (Wildman–Crippen LogP) is 1.52. The summed E-state index contributed by atoms with van der Waals surface area (Å²) in [6, 6.07) is 0.330. The zero-order valence-corrected chi connectivity index (χ0v) is 9.24. The van der Waals surface area contributed by atoms with Gasteiger partial charge in [-0.15, -0.1) is 0 Å². The molecule has 4 heteroatoms. The van der Waals surface area contributed by atoms with Crippen LogP contribution in [-0.2, 0) is 4.74 Å². The molecule has 1 amide bonds. The Kier molecular flexibility index (Phi) is 2.87. The molecule has 0 spiro atoms. The van der Waals surface area contributed by atoms with E-state index in [0.717, 1.165) is 12.8 Å². The maximum atomic E-state index is 11.7. The summed E-state index contributed by atoms with van der Waals surface area (Å²) in [4.78, 5) is 13.5. The quantitative estimate of drug-likeness (QED) is 0.773. The van der Waals surface area contributed by atoms with Crippen LogP contribution in [0.2, 0.25) is 0 Å². The second kappa shape index (κ2) is 4.00. The van der Waals surface area contributed by atoms with Gasteiger partial charge in [0.1, 0.15) is 6.61 Å². The molecule has 1 atom stereocenters. The number of aliphatic hydroxyl groups excluding tert-OH is 1. The lowest BCUT2D eigenvalue weighted by Crippen LogP contribution is -2.50. The number of ether oxygens (including phenoxy) is 1. The van der Waals surface area contributed by atoms with E-state index < -0.39 is 0 Å². The molecule has 1 unspecified atom stereocenters. The van der Waals surface area contributed by atoms with Crippen LogP contribution in [0.25, 0.3) is 0 Å². The van der Waals surface area contributed by atoms with Crippen molar-refractivity contribution in [1.29, 1.82) is 0 Å². The van der Waals surface area contributed by atoms with Crippen LogP contribution in [0.5, 0.6) is 0 Å². The minimum Gasteiger partial charge on any atom is -0.447 e. The molecule has 1 heterocycles. The highest BCUT2D eigenvalue weighted by Crippen LogP contribution is 2.35. The molecule has 2 rings (SSSR count). The lowest BCUT2D eigenvalue weighted by molar-refractivity contribution is 0.104. The van der Waals surface area contributed by atoms with Gasteiger partial charge in [0.2, 0.25) is 0 Å². The van der Waals surface area contributed by atoms with Gasteiger partial charge in [0.05, 0.1) is 5.54 Å². The second-order valence-corrected chi connectivity index (χ2v) is 4.83. The Bertz CT molecular complexity index is 250. The third-order valence-electron chi connectivity index (χ3n) is 3.63. The number of amides is 1. The first-order chi connectivity index (χ1) is 7.17. The first-order valence-electron chi connectivity index (χ1n) is 5.74. The monoisotopic (exact) mass is 213 g/mol. The normalized spacial score (nSPS) is 32.4. The van der Waals surface area contributed by atoms with Gasteiger partial charge in [0.15, 0.2) is 0 Å². The van der Waals surface area contributed by atoms with Crippen LogP contribution in [0.3, 0.4) is 0 Å². The zero-order valence-electron chi connectivity index (χ0n) is 9.24. The van der Waals surface area contributed by atoms with Gasteiger partial charge in [-0.2, -0.15) is 0 Å². The highest BCUT2D eigenvalue weighted by molar-refractivity contribution is 5.71. The van der Waals surface area contributed by atoms with Gasteiger partial charge >= 0.3 is 6.09 Å². The molecule has 0 aromatic rings. The van der Waals surface area contributed by atoms with Crippen molar-refractivity contribution in [3.05, 3.63) is 0 Å². The van der Waals surface area contributed by atoms with E-state index >= 15 is 0 Å². The summed E-state index contributed by atoms with van der Waals surface area (Å²) in [6.07, 6.45) is 4.97. The molecule has 1 N–H and O–H groups in total. The molecule has 0 bridgehead atoms. The van der Waals surface area contributed by atoms with Crippen molar-refractivity contribution in [3.63, 3.8) is 0 Å². The fraction of sp³-hybridized carbons (Fsp3) is 0.909. The fourth-order valence-electron chi connectivity index (χ4n) is 2.76. The van der Waals surface area contributed by atoms with Crippen LogP contribution in [-0.4, -0.2) is 40.9 Å². The van der Waals surface area contributed by atoms with E-state index in [1.807, 2.05) is 11.8 Å². The Hall–Kier alpha value is -0.770. The van der Waals surface area contributed by atoms with Gasteiger partial charge < -0.3 is 9.84 Å². The maximum Gasteiger partial charge on any atom is 0.410 e. The maximum absolute atomic E-state index is 11.7. The Morgan fingerprint density at radius 2 is 2.20 bits per heavy atom. The van der Waals surface area contributed by atoms with Crippen molar-refractivity contribution in [2.75, 3.05) is 13.2 Å². The van der Waals surface area contributed by atoms with Gasteiger partial charge in [-0.05, 0) is 26.2 Å². The Balaban J connectivity index is 2.13. The SMILES string of the molecule is CC1(CCO)COC(=O)N1C1CCCC1. The average molecular weight is 213 g/mol. The van der Waals surface area contributed by atoms with Crippen LogP contribution in [0, 0.1) is 0 Å². The van der Waals surface area contributed by atoms with Crippen LogP contribution in [0.1, 0.15) is 39.0 Å². The van der Waals surface area contributed by atoms with Crippen molar-refractivity contribution >= 4 is 6.09 Å². The molecule has 4 nitrogen and oxygen atoms in total. The molecule has 2 fully saturated rings. The lowest BCUT2D eigenvalue weighted by atomic mass is 9.96. The smallest absolute Gasteiger partial charge is 0.410 e. The van der Waals surface area contributed by atoms with Crippen molar-refractivity contribution < 1.29 is 14.6 Å². The Morgan fingerprint density at radius 1 is 1.53 bits per heavy atom. The van der Waals surface area contributed by atoms with Crippen LogP contribution in [0.4, 0.5) is 4.79 Å². The van der Waals surface area contributed by atoms with Crippen LogP contribution >= 0.6 is 0 Å². The van der Waals surface area contributed by atoms with Gasteiger partial charge in [0.25, 0.3) is 0 Å². The lowest BCUT2D eigenvalue weighted by Gasteiger charge is -2.35. The van der Waals surface area contributed by atoms with E-state index in [-0.39, 0.29) is 18.2 Å².